The van der Waals surface area contributed by atoms with Crippen LogP contribution in [0.2, 0.25) is 0 Å². The Labute approximate surface area is 136 Å². The lowest BCUT2D eigenvalue weighted by atomic mass is 10.2. The number of halogens is 2. The van der Waals surface area contributed by atoms with Gasteiger partial charge in [-0.05, 0) is 37.3 Å². The van der Waals surface area contributed by atoms with E-state index >= 15 is 0 Å². The van der Waals surface area contributed by atoms with Crippen molar-refractivity contribution in [3.05, 3.63) is 52.8 Å². The number of imidazole rings is 1. The average Bonchev–Trinajstić information content (AvgIpc) is 2.87. The first-order valence-electron chi connectivity index (χ1n) is 6.69. The number of alkyl halides is 1. The molecule has 3 nitrogen and oxygen atoms in total. The molecule has 1 aromatic heterocycles. The number of fused-ring (bicyclic) bond motifs is 1. The first kappa shape index (κ1) is 14.4. The Morgan fingerprint density at radius 1 is 1.24 bits per heavy atom. The molecule has 0 aliphatic carbocycles. The van der Waals surface area contributed by atoms with Crippen LogP contribution in [0.15, 0.2) is 46.9 Å². The van der Waals surface area contributed by atoms with Crippen LogP contribution in [0.5, 0.6) is 5.75 Å². The second-order valence-corrected chi connectivity index (χ2v) is 5.72. The normalized spacial score (nSPS) is 11.0. The molecule has 1 heterocycles. The van der Waals surface area contributed by atoms with Gasteiger partial charge in [-0.2, -0.15) is 0 Å². The Morgan fingerprint density at radius 3 is 2.76 bits per heavy atom. The van der Waals surface area contributed by atoms with E-state index in [0.29, 0.717) is 12.5 Å². The van der Waals surface area contributed by atoms with Crippen LogP contribution >= 0.6 is 27.5 Å². The van der Waals surface area contributed by atoms with E-state index in [2.05, 4.69) is 25.5 Å². The summed E-state index contributed by atoms with van der Waals surface area (Å²) in [7, 11) is 0. The van der Waals surface area contributed by atoms with E-state index in [4.69, 9.17) is 16.3 Å². The SMILES string of the molecule is CCOc1cccc2c1nc(CCl)n2-c1cccc(Br)c1. The van der Waals surface area contributed by atoms with Gasteiger partial charge in [0.1, 0.15) is 17.1 Å². The van der Waals surface area contributed by atoms with E-state index < -0.39 is 0 Å². The molecule has 0 amide bonds. The van der Waals surface area contributed by atoms with Gasteiger partial charge in [-0.3, -0.25) is 4.57 Å². The van der Waals surface area contributed by atoms with Crippen molar-refractivity contribution in [1.29, 1.82) is 0 Å². The van der Waals surface area contributed by atoms with Crippen molar-refractivity contribution >= 4 is 38.6 Å². The quantitative estimate of drug-likeness (QED) is 0.613. The highest BCUT2D eigenvalue weighted by Gasteiger charge is 2.15. The highest BCUT2D eigenvalue weighted by Crippen LogP contribution is 2.30. The second-order valence-electron chi connectivity index (χ2n) is 4.53. The number of hydrogen-bond acceptors (Lipinski definition) is 2. The first-order valence-corrected chi connectivity index (χ1v) is 8.02. The van der Waals surface area contributed by atoms with Gasteiger partial charge in [0.15, 0.2) is 0 Å². The van der Waals surface area contributed by atoms with Crippen LogP contribution in [0, 0.1) is 0 Å². The van der Waals surface area contributed by atoms with Crippen molar-refractivity contribution in [2.75, 3.05) is 6.61 Å². The van der Waals surface area contributed by atoms with Crippen LogP contribution in [0.3, 0.4) is 0 Å². The van der Waals surface area contributed by atoms with Crippen LogP contribution < -0.4 is 4.74 Å². The van der Waals surface area contributed by atoms with E-state index in [1.54, 1.807) is 0 Å². The topological polar surface area (TPSA) is 27.1 Å². The lowest BCUT2D eigenvalue weighted by Gasteiger charge is -2.08. The van der Waals surface area contributed by atoms with Crippen LogP contribution in [0.25, 0.3) is 16.7 Å². The minimum absolute atomic E-state index is 0.340. The molecule has 0 aliphatic rings. The predicted molar refractivity (Wildman–Crippen MR) is 89.5 cm³/mol. The van der Waals surface area contributed by atoms with Gasteiger partial charge in [0.05, 0.1) is 18.0 Å². The maximum Gasteiger partial charge on any atom is 0.147 e. The molecule has 0 atom stereocenters. The number of para-hydroxylation sites is 1. The molecule has 0 N–H and O–H groups in total. The maximum atomic E-state index is 6.09. The fraction of sp³-hybridized carbons (Fsp3) is 0.188. The minimum atomic E-state index is 0.340. The molecule has 0 saturated heterocycles. The Balaban J connectivity index is 2.28. The molecule has 21 heavy (non-hydrogen) atoms. The summed E-state index contributed by atoms with van der Waals surface area (Å²) in [4.78, 5) is 4.65. The van der Waals surface area contributed by atoms with Crippen molar-refractivity contribution in [2.24, 2.45) is 0 Å². The van der Waals surface area contributed by atoms with E-state index in [9.17, 15) is 0 Å². The summed E-state index contributed by atoms with van der Waals surface area (Å²) in [5.74, 6) is 1.93. The number of hydrogen-bond donors (Lipinski definition) is 0. The molecular formula is C16H14BrClN2O. The first-order chi connectivity index (χ1) is 10.2. The highest BCUT2D eigenvalue weighted by molar-refractivity contribution is 9.10. The Hall–Kier alpha value is -1.52. The van der Waals surface area contributed by atoms with E-state index in [-0.39, 0.29) is 0 Å². The summed E-state index contributed by atoms with van der Waals surface area (Å²) in [6.45, 7) is 2.58. The summed E-state index contributed by atoms with van der Waals surface area (Å²) >= 11 is 9.59. The van der Waals surface area contributed by atoms with E-state index in [1.165, 1.54) is 0 Å². The van der Waals surface area contributed by atoms with Gasteiger partial charge >= 0.3 is 0 Å². The van der Waals surface area contributed by atoms with Gasteiger partial charge in [0.2, 0.25) is 0 Å². The smallest absolute Gasteiger partial charge is 0.147 e. The molecule has 3 rings (SSSR count). The molecule has 0 unspecified atom stereocenters. The van der Waals surface area contributed by atoms with Gasteiger partial charge < -0.3 is 4.74 Å². The summed E-state index contributed by atoms with van der Waals surface area (Å²) in [5, 5.41) is 0. The molecule has 3 aromatic rings. The largest absolute Gasteiger partial charge is 0.492 e. The molecule has 0 fully saturated rings. The van der Waals surface area contributed by atoms with Crippen LogP contribution in [-0.2, 0) is 5.88 Å². The molecule has 0 spiro atoms. The lowest BCUT2D eigenvalue weighted by Crippen LogP contribution is -1.99. The number of rotatable bonds is 4. The Kier molecular flexibility index (Phi) is 4.17. The highest BCUT2D eigenvalue weighted by atomic mass is 79.9. The van der Waals surface area contributed by atoms with Gasteiger partial charge in [0, 0.05) is 10.2 Å². The molecule has 108 valence electrons. The number of aromatic nitrogens is 2. The summed E-state index contributed by atoms with van der Waals surface area (Å²) in [6, 6.07) is 14.0. The zero-order chi connectivity index (χ0) is 14.8. The Morgan fingerprint density at radius 2 is 2.05 bits per heavy atom. The van der Waals surface area contributed by atoms with Crippen LogP contribution in [0.1, 0.15) is 12.7 Å². The third-order valence-corrected chi connectivity index (χ3v) is 3.94. The second kappa shape index (κ2) is 6.08. The molecule has 0 saturated carbocycles. The fourth-order valence-electron chi connectivity index (χ4n) is 2.39. The van der Waals surface area contributed by atoms with Crippen LogP contribution in [0.4, 0.5) is 0 Å². The minimum Gasteiger partial charge on any atom is -0.492 e. The van der Waals surface area contributed by atoms with E-state index in [1.807, 2.05) is 49.4 Å². The molecular weight excluding hydrogens is 352 g/mol. The molecule has 0 bridgehead atoms. The van der Waals surface area contributed by atoms with Gasteiger partial charge in [-0.1, -0.05) is 28.1 Å². The van der Waals surface area contributed by atoms with Gasteiger partial charge in [0.25, 0.3) is 0 Å². The van der Waals surface area contributed by atoms with Crippen molar-refractivity contribution in [3.63, 3.8) is 0 Å². The van der Waals surface area contributed by atoms with Gasteiger partial charge in [-0.25, -0.2) is 4.98 Å². The standard InChI is InChI=1S/C16H14BrClN2O/c1-2-21-14-8-4-7-13-16(14)19-15(10-18)20(13)12-6-3-5-11(17)9-12/h3-9H,2,10H2,1H3. The van der Waals surface area contributed by atoms with Crippen molar-refractivity contribution < 1.29 is 4.74 Å². The molecule has 0 aliphatic heterocycles. The number of ether oxygens (including phenoxy) is 1. The van der Waals surface area contributed by atoms with Crippen LogP contribution in [-0.4, -0.2) is 16.2 Å². The van der Waals surface area contributed by atoms with E-state index in [0.717, 1.165) is 32.8 Å². The average molecular weight is 366 g/mol. The maximum absolute atomic E-state index is 6.09. The third kappa shape index (κ3) is 2.65. The Bertz CT molecular complexity index is 785. The summed E-state index contributed by atoms with van der Waals surface area (Å²) < 4.78 is 8.75. The summed E-state index contributed by atoms with van der Waals surface area (Å²) in [5.41, 5.74) is 2.86. The molecule has 5 heteroatoms. The monoisotopic (exact) mass is 364 g/mol. The summed E-state index contributed by atoms with van der Waals surface area (Å²) in [6.07, 6.45) is 0. The fourth-order valence-corrected chi connectivity index (χ4v) is 2.95. The zero-order valence-corrected chi connectivity index (χ0v) is 13.9. The zero-order valence-electron chi connectivity index (χ0n) is 11.5. The predicted octanol–water partition coefficient (Wildman–Crippen LogP) is 4.93. The molecule has 0 radical (unpaired) electrons. The lowest BCUT2D eigenvalue weighted by molar-refractivity contribution is 0.343. The van der Waals surface area contributed by atoms with Crippen molar-refractivity contribution in [3.8, 4) is 11.4 Å². The third-order valence-electron chi connectivity index (χ3n) is 3.20. The van der Waals surface area contributed by atoms with Gasteiger partial charge in [-0.15, -0.1) is 11.6 Å². The van der Waals surface area contributed by atoms with Crippen molar-refractivity contribution in [2.45, 2.75) is 12.8 Å². The number of nitrogens with zero attached hydrogens (tertiary/aromatic N) is 2. The van der Waals surface area contributed by atoms with Crippen molar-refractivity contribution in [1.82, 2.24) is 9.55 Å². The number of benzene rings is 2. The molecule has 2 aromatic carbocycles.